The Bertz CT molecular complexity index is 1240. The van der Waals surface area contributed by atoms with Gasteiger partial charge in [0, 0.05) is 48.5 Å². The second-order valence-electron chi connectivity index (χ2n) is 10.2. The van der Waals surface area contributed by atoms with Crippen molar-refractivity contribution in [2.24, 2.45) is 0 Å². The molecule has 20 heteroatoms. The molecule has 0 aromatic carbocycles. The van der Waals surface area contributed by atoms with Crippen LogP contribution in [-0.2, 0) is 85.7 Å². The summed E-state index contributed by atoms with van der Waals surface area (Å²) in [7, 11) is 0.957. The summed E-state index contributed by atoms with van der Waals surface area (Å²) in [6.45, 7) is 6.56. The van der Waals surface area contributed by atoms with Crippen molar-refractivity contribution in [3.63, 3.8) is 0 Å². The van der Waals surface area contributed by atoms with E-state index in [2.05, 4.69) is 21.2 Å². The minimum atomic E-state index is -2.53. The predicted molar refractivity (Wildman–Crippen MR) is 150 cm³/mol. The van der Waals surface area contributed by atoms with Crippen molar-refractivity contribution < 1.29 is 85.7 Å². The van der Waals surface area contributed by atoms with E-state index in [9.17, 15) is 38.4 Å². The van der Waals surface area contributed by atoms with Gasteiger partial charge >= 0.3 is 41.8 Å². The van der Waals surface area contributed by atoms with Crippen molar-refractivity contribution in [3.8, 4) is 0 Å². The van der Waals surface area contributed by atoms with Gasteiger partial charge in [0.05, 0.1) is 7.11 Å². The minimum Gasteiger partial charge on any atom is -0.466 e. The van der Waals surface area contributed by atoms with Gasteiger partial charge in [-0.3, -0.25) is 33.6 Å². The first-order valence-electron chi connectivity index (χ1n) is 13.8. The molecule has 0 spiro atoms. The number of halogens is 1. The van der Waals surface area contributed by atoms with Gasteiger partial charge < -0.3 is 52.7 Å². The van der Waals surface area contributed by atoms with Gasteiger partial charge in [0.1, 0.15) is 18.8 Å². The molecule has 0 bridgehead atoms. The van der Waals surface area contributed by atoms with Crippen LogP contribution in [0.1, 0.15) is 48.5 Å². The first-order chi connectivity index (χ1) is 21.8. The monoisotopic (exact) mass is 741 g/mol. The SMILES string of the molecule is COC(=O)C1(Br)OC(OC(C)=O)C(OC(C)=O)C(OC(C)=O)C1OC1OC(COC(C)=O)C(OC(C)=O)C(OC(C)=O)C1NC(C)=O. The molecule has 2 fully saturated rings. The van der Waals surface area contributed by atoms with Gasteiger partial charge in [-0.2, -0.15) is 0 Å². The lowest BCUT2D eigenvalue weighted by Gasteiger charge is -2.50. The van der Waals surface area contributed by atoms with Crippen LogP contribution in [-0.4, -0.2) is 121 Å². The third kappa shape index (κ3) is 10.6. The third-order valence-corrected chi connectivity index (χ3v) is 7.21. The number of hydrogen-bond donors (Lipinski definition) is 1. The zero-order valence-corrected chi connectivity index (χ0v) is 28.2. The maximum absolute atomic E-state index is 13.3. The van der Waals surface area contributed by atoms with Crippen LogP contribution in [0.15, 0.2) is 0 Å². The number of carbonyl (C=O) groups is 8. The highest BCUT2D eigenvalue weighted by Crippen LogP contribution is 2.43. The van der Waals surface area contributed by atoms with E-state index in [0.29, 0.717) is 0 Å². The smallest absolute Gasteiger partial charge is 0.352 e. The summed E-state index contributed by atoms with van der Waals surface area (Å²) in [5, 5.41) is 2.47. The lowest BCUT2D eigenvalue weighted by Crippen LogP contribution is -2.71. The van der Waals surface area contributed by atoms with Crippen molar-refractivity contribution in [3.05, 3.63) is 0 Å². The first kappa shape index (κ1) is 39.3. The van der Waals surface area contributed by atoms with Gasteiger partial charge in [0.25, 0.3) is 4.51 Å². The summed E-state index contributed by atoms with van der Waals surface area (Å²) in [5.41, 5.74) is 0. The van der Waals surface area contributed by atoms with E-state index in [-0.39, 0.29) is 0 Å². The zero-order valence-electron chi connectivity index (χ0n) is 26.6. The molecule has 2 aliphatic rings. The van der Waals surface area contributed by atoms with Gasteiger partial charge in [-0.1, -0.05) is 0 Å². The van der Waals surface area contributed by atoms with Crippen LogP contribution >= 0.6 is 15.9 Å². The molecule has 2 saturated heterocycles. The second kappa shape index (κ2) is 16.8. The highest BCUT2D eigenvalue weighted by atomic mass is 79.9. The molecule has 10 unspecified atom stereocenters. The molecule has 0 radical (unpaired) electrons. The van der Waals surface area contributed by atoms with Crippen LogP contribution in [0.3, 0.4) is 0 Å². The van der Waals surface area contributed by atoms with E-state index < -0.39 is 114 Å². The number of methoxy groups -OCH3 is 1. The van der Waals surface area contributed by atoms with Crippen LogP contribution in [0.5, 0.6) is 0 Å². The third-order valence-electron chi connectivity index (χ3n) is 6.25. The fourth-order valence-electron chi connectivity index (χ4n) is 4.75. The summed E-state index contributed by atoms with van der Waals surface area (Å²) in [6, 6.07) is -1.56. The molecule has 10 atom stereocenters. The molecular weight excluding hydrogens is 706 g/mol. The molecule has 0 aromatic heterocycles. The molecule has 47 heavy (non-hydrogen) atoms. The summed E-state index contributed by atoms with van der Waals surface area (Å²) in [4.78, 5) is 98.1. The number of carbonyl (C=O) groups excluding carboxylic acids is 8. The number of rotatable bonds is 11. The summed E-state index contributed by atoms with van der Waals surface area (Å²) >= 11 is 3.09. The van der Waals surface area contributed by atoms with Crippen molar-refractivity contribution >= 4 is 63.6 Å². The number of amides is 1. The number of nitrogens with one attached hydrogen (secondary N) is 1. The Balaban J connectivity index is 2.81. The lowest BCUT2D eigenvalue weighted by atomic mass is 9.94. The largest absolute Gasteiger partial charge is 0.466 e. The Kier molecular flexibility index (Phi) is 14.0. The van der Waals surface area contributed by atoms with Crippen LogP contribution < -0.4 is 5.32 Å². The van der Waals surface area contributed by atoms with Crippen LogP contribution in [0.25, 0.3) is 0 Å². The molecule has 0 aromatic rings. The molecule has 1 amide bonds. The van der Waals surface area contributed by atoms with E-state index in [1.807, 2.05) is 0 Å². The van der Waals surface area contributed by atoms with Crippen molar-refractivity contribution in [1.29, 1.82) is 0 Å². The van der Waals surface area contributed by atoms with Crippen molar-refractivity contribution in [2.75, 3.05) is 13.7 Å². The summed E-state index contributed by atoms with van der Waals surface area (Å²) in [6.07, 6.45) is -13.8. The Morgan fingerprint density at radius 2 is 1.15 bits per heavy atom. The normalized spacial score (nSPS) is 31.6. The number of hydrogen-bond acceptors (Lipinski definition) is 18. The van der Waals surface area contributed by atoms with Gasteiger partial charge in [0.2, 0.25) is 18.3 Å². The topological polar surface area (TPSA) is 241 Å². The summed E-state index contributed by atoms with van der Waals surface area (Å²) < 4.78 is 52.0. The van der Waals surface area contributed by atoms with Crippen molar-refractivity contribution in [2.45, 2.75) is 108 Å². The maximum Gasteiger partial charge on any atom is 0.352 e. The van der Waals surface area contributed by atoms with Gasteiger partial charge in [-0.25, -0.2) is 4.79 Å². The molecule has 264 valence electrons. The Hall–Kier alpha value is -3.88. The molecule has 19 nitrogen and oxygen atoms in total. The van der Waals surface area contributed by atoms with Gasteiger partial charge in [0.15, 0.2) is 30.7 Å². The molecule has 0 saturated carbocycles. The number of esters is 7. The maximum atomic E-state index is 13.3. The minimum absolute atomic E-state index is 0.604. The van der Waals surface area contributed by atoms with Crippen LogP contribution in [0, 0.1) is 0 Å². The van der Waals surface area contributed by atoms with Gasteiger partial charge in [-0.15, -0.1) is 0 Å². The average molecular weight is 742 g/mol. The quantitative estimate of drug-likeness (QED) is 0.153. The summed E-state index contributed by atoms with van der Waals surface area (Å²) in [5.74, 6) is -7.43. The molecule has 2 rings (SSSR count). The van der Waals surface area contributed by atoms with E-state index in [0.717, 1.165) is 55.6 Å². The lowest BCUT2D eigenvalue weighted by molar-refractivity contribution is -0.344. The molecule has 2 heterocycles. The molecule has 0 aliphatic carbocycles. The second-order valence-corrected chi connectivity index (χ2v) is 11.3. The number of alkyl halides is 1. The first-order valence-corrected chi connectivity index (χ1v) is 14.6. The van der Waals surface area contributed by atoms with Crippen LogP contribution in [0.4, 0.5) is 0 Å². The van der Waals surface area contributed by atoms with E-state index >= 15 is 0 Å². The predicted octanol–water partition coefficient (Wildman–Crippen LogP) is -0.925. The van der Waals surface area contributed by atoms with Crippen molar-refractivity contribution in [1.82, 2.24) is 5.32 Å². The molecular formula is C27H36BrNO18. The standard InChI is InChI=1S/C27H36BrNO18/c1-10(30)29-18-20(41-13(4)33)19(40-12(3)32)17(9-39-11(2)31)45-24(18)46-23-21(42-14(5)34)22(43-15(6)35)25(44-16(7)36)47-27(23,28)26(37)38-8/h17-25H,9H2,1-8H3,(H,29,30). The number of ether oxygens (including phenoxy) is 10. The average Bonchev–Trinajstić information content (AvgIpc) is 2.92. The Labute approximate surface area is 276 Å². The van der Waals surface area contributed by atoms with Crippen LogP contribution in [0.2, 0.25) is 0 Å². The van der Waals surface area contributed by atoms with E-state index in [1.165, 1.54) is 0 Å². The molecule has 2 aliphatic heterocycles. The highest BCUT2D eigenvalue weighted by molar-refractivity contribution is 9.10. The molecule has 1 N–H and O–H groups in total. The Morgan fingerprint density at radius 1 is 0.660 bits per heavy atom. The fraction of sp³-hybridized carbons (Fsp3) is 0.704. The van der Waals surface area contributed by atoms with E-state index in [4.69, 9.17) is 47.4 Å². The van der Waals surface area contributed by atoms with E-state index in [1.54, 1.807) is 0 Å². The zero-order chi connectivity index (χ0) is 35.8. The van der Waals surface area contributed by atoms with Gasteiger partial charge in [-0.05, 0) is 15.9 Å². The fourth-order valence-corrected chi connectivity index (χ4v) is 5.47. The highest BCUT2D eigenvalue weighted by Gasteiger charge is 2.65. The Morgan fingerprint density at radius 3 is 1.62 bits per heavy atom.